The number of amides is 3. The van der Waals surface area contributed by atoms with Crippen LogP contribution in [0.4, 0.5) is 5.69 Å². The molecule has 0 atom stereocenters. The molecule has 1 fully saturated rings. The Morgan fingerprint density at radius 1 is 1.20 bits per heavy atom. The minimum Gasteiger partial charge on any atom is -0.334 e. The van der Waals surface area contributed by atoms with Crippen LogP contribution in [0.1, 0.15) is 26.2 Å². The summed E-state index contributed by atoms with van der Waals surface area (Å²) in [4.78, 5) is 37.1. The van der Waals surface area contributed by atoms with Gasteiger partial charge < -0.3 is 10.2 Å². The monoisotopic (exact) mass is 384 g/mol. The number of halogens is 2. The first-order chi connectivity index (χ1) is 11.9. The van der Waals surface area contributed by atoms with Crippen molar-refractivity contribution in [3.8, 4) is 0 Å². The molecule has 25 heavy (non-hydrogen) atoms. The van der Waals surface area contributed by atoms with E-state index in [9.17, 15) is 14.4 Å². The Balaban J connectivity index is 1.85. The molecule has 0 saturated carbocycles. The average molecular weight is 385 g/mol. The molecule has 2 rings (SSSR count). The van der Waals surface area contributed by atoms with Gasteiger partial charge in [-0.3, -0.25) is 14.4 Å². The van der Waals surface area contributed by atoms with E-state index in [1.165, 1.54) is 4.90 Å². The number of carbonyl (C=O) groups is 3. The average Bonchev–Trinajstić information content (AvgIpc) is 3.10. The van der Waals surface area contributed by atoms with E-state index in [-0.39, 0.29) is 17.4 Å². The van der Waals surface area contributed by atoms with Crippen molar-refractivity contribution in [2.24, 2.45) is 5.10 Å². The van der Waals surface area contributed by atoms with Crippen molar-refractivity contribution in [3.63, 3.8) is 0 Å². The summed E-state index contributed by atoms with van der Waals surface area (Å²) in [6, 6.07) is 4.89. The van der Waals surface area contributed by atoms with E-state index in [4.69, 9.17) is 23.2 Å². The number of rotatable bonds is 4. The van der Waals surface area contributed by atoms with Gasteiger partial charge in [0.2, 0.25) is 5.91 Å². The lowest BCUT2D eigenvalue weighted by Gasteiger charge is -2.13. The van der Waals surface area contributed by atoms with Crippen LogP contribution in [0.3, 0.4) is 0 Å². The molecular weight excluding hydrogens is 367 g/mol. The molecule has 1 aliphatic rings. The lowest BCUT2D eigenvalue weighted by molar-refractivity contribution is -0.145. The number of nitrogens with one attached hydrogen (secondary N) is 2. The molecule has 134 valence electrons. The second kappa shape index (κ2) is 8.82. The Kier molecular flexibility index (Phi) is 6.78. The van der Waals surface area contributed by atoms with E-state index >= 15 is 0 Å². The number of carbonyl (C=O) groups excluding carboxylic acids is 3. The van der Waals surface area contributed by atoms with Gasteiger partial charge in [-0.2, -0.15) is 5.10 Å². The molecule has 0 radical (unpaired) electrons. The number of benzene rings is 1. The largest absolute Gasteiger partial charge is 0.334 e. The first-order valence-electron chi connectivity index (χ1n) is 7.74. The molecule has 0 spiro atoms. The van der Waals surface area contributed by atoms with E-state index in [0.717, 1.165) is 12.8 Å². The van der Waals surface area contributed by atoms with Gasteiger partial charge in [-0.15, -0.1) is 0 Å². The van der Waals surface area contributed by atoms with Crippen molar-refractivity contribution in [2.75, 3.05) is 18.4 Å². The van der Waals surface area contributed by atoms with Crippen LogP contribution in [0, 0.1) is 0 Å². The van der Waals surface area contributed by atoms with Crippen LogP contribution in [-0.4, -0.2) is 41.4 Å². The van der Waals surface area contributed by atoms with Crippen LogP contribution < -0.4 is 10.7 Å². The standard InChI is InChI=1S/C16H18Cl2N4O3/c1-10(20-21-15(24)16(25)22-7-2-3-8-22)9-13(23)19-12-6-4-5-11(17)14(12)18/h4-6H,2-3,7-9H2,1H3,(H,19,23)(H,21,24)/b20-10-. The highest BCUT2D eigenvalue weighted by molar-refractivity contribution is 6.44. The molecule has 2 N–H and O–H groups in total. The van der Waals surface area contributed by atoms with Crippen molar-refractivity contribution < 1.29 is 14.4 Å². The molecule has 1 aliphatic heterocycles. The fraction of sp³-hybridized carbons (Fsp3) is 0.375. The zero-order valence-corrected chi connectivity index (χ0v) is 15.2. The molecule has 0 unspecified atom stereocenters. The van der Waals surface area contributed by atoms with Gasteiger partial charge in [0.1, 0.15) is 0 Å². The maximum atomic E-state index is 12.0. The van der Waals surface area contributed by atoms with Crippen LogP contribution in [0.25, 0.3) is 0 Å². The predicted molar refractivity (Wildman–Crippen MR) is 96.8 cm³/mol. The second-order valence-electron chi connectivity index (χ2n) is 5.61. The second-order valence-corrected chi connectivity index (χ2v) is 6.40. The summed E-state index contributed by atoms with van der Waals surface area (Å²) in [5.41, 5.74) is 2.91. The van der Waals surface area contributed by atoms with E-state index in [1.807, 2.05) is 0 Å². The number of hydrogen-bond acceptors (Lipinski definition) is 4. The van der Waals surface area contributed by atoms with Crippen LogP contribution in [0.15, 0.2) is 23.3 Å². The lowest BCUT2D eigenvalue weighted by atomic mass is 10.2. The van der Waals surface area contributed by atoms with Crippen LogP contribution in [0.5, 0.6) is 0 Å². The summed E-state index contributed by atoms with van der Waals surface area (Å²) in [6.45, 7) is 2.73. The minimum atomic E-state index is -0.806. The number of anilines is 1. The molecule has 1 saturated heterocycles. The Hall–Kier alpha value is -2.12. The van der Waals surface area contributed by atoms with Gasteiger partial charge >= 0.3 is 11.8 Å². The molecule has 1 aromatic carbocycles. The highest BCUT2D eigenvalue weighted by Gasteiger charge is 2.24. The summed E-state index contributed by atoms with van der Waals surface area (Å²) in [5.74, 6) is -1.78. The third kappa shape index (κ3) is 5.44. The van der Waals surface area contributed by atoms with Gasteiger partial charge in [-0.1, -0.05) is 29.3 Å². The highest BCUT2D eigenvalue weighted by Crippen LogP contribution is 2.29. The molecule has 3 amide bonds. The zero-order valence-electron chi connectivity index (χ0n) is 13.6. The molecule has 0 aliphatic carbocycles. The molecule has 9 heteroatoms. The Bertz CT molecular complexity index is 715. The molecular formula is C16H18Cl2N4O3. The first-order valence-corrected chi connectivity index (χ1v) is 8.50. The SMILES string of the molecule is C/C(CC(=O)Nc1cccc(Cl)c1Cl)=N/NC(=O)C(=O)N1CCCC1. The number of hydrazone groups is 1. The summed E-state index contributed by atoms with van der Waals surface area (Å²) in [5, 5.41) is 6.98. The Morgan fingerprint density at radius 2 is 1.88 bits per heavy atom. The number of likely N-dealkylation sites (tertiary alicyclic amines) is 1. The third-order valence-corrected chi connectivity index (χ3v) is 4.40. The normalized spacial score (nSPS) is 14.4. The van der Waals surface area contributed by atoms with E-state index in [0.29, 0.717) is 29.5 Å². The Labute approximate surface area is 155 Å². The summed E-state index contributed by atoms with van der Waals surface area (Å²) in [6.07, 6.45) is 1.72. The zero-order chi connectivity index (χ0) is 18.4. The van der Waals surface area contributed by atoms with Gasteiger partial charge in [-0.05, 0) is 31.9 Å². The van der Waals surface area contributed by atoms with Gasteiger partial charge in [0.15, 0.2) is 0 Å². The highest BCUT2D eigenvalue weighted by atomic mass is 35.5. The topological polar surface area (TPSA) is 90.9 Å². The third-order valence-electron chi connectivity index (χ3n) is 3.58. The quantitative estimate of drug-likeness (QED) is 0.474. The fourth-order valence-electron chi connectivity index (χ4n) is 2.32. The van der Waals surface area contributed by atoms with Gasteiger partial charge in [0.25, 0.3) is 0 Å². The number of nitrogens with zero attached hydrogens (tertiary/aromatic N) is 2. The van der Waals surface area contributed by atoms with Crippen molar-refractivity contribution in [3.05, 3.63) is 28.2 Å². The fourth-order valence-corrected chi connectivity index (χ4v) is 2.67. The summed E-state index contributed by atoms with van der Waals surface area (Å²) < 4.78 is 0. The van der Waals surface area contributed by atoms with Crippen LogP contribution in [0.2, 0.25) is 10.0 Å². The van der Waals surface area contributed by atoms with Gasteiger partial charge in [0, 0.05) is 18.8 Å². The van der Waals surface area contributed by atoms with E-state index in [2.05, 4.69) is 15.8 Å². The van der Waals surface area contributed by atoms with Gasteiger partial charge in [0.05, 0.1) is 22.2 Å². The molecule has 0 bridgehead atoms. The number of hydrogen-bond donors (Lipinski definition) is 2. The van der Waals surface area contributed by atoms with Crippen molar-refractivity contribution in [1.29, 1.82) is 0 Å². The van der Waals surface area contributed by atoms with Crippen molar-refractivity contribution in [2.45, 2.75) is 26.2 Å². The smallest absolute Gasteiger partial charge is 0.329 e. The van der Waals surface area contributed by atoms with Crippen LogP contribution >= 0.6 is 23.2 Å². The summed E-state index contributed by atoms with van der Waals surface area (Å²) >= 11 is 11.9. The van der Waals surface area contributed by atoms with E-state index < -0.39 is 11.8 Å². The molecule has 1 heterocycles. The van der Waals surface area contributed by atoms with Crippen molar-refractivity contribution >= 4 is 52.3 Å². The maximum Gasteiger partial charge on any atom is 0.329 e. The van der Waals surface area contributed by atoms with Crippen LogP contribution in [-0.2, 0) is 14.4 Å². The van der Waals surface area contributed by atoms with Crippen molar-refractivity contribution in [1.82, 2.24) is 10.3 Å². The molecule has 0 aromatic heterocycles. The molecule has 7 nitrogen and oxygen atoms in total. The van der Waals surface area contributed by atoms with Gasteiger partial charge in [-0.25, -0.2) is 5.43 Å². The summed E-state index contributed by atoms with van der Waals surface area (Å²) in [7, 11) is 0. The predicted octanol–water partition coefficient (Wildman–Crippen LogP) is 2.44. The first kappa shape index (κ1) is 19.2. The maximum absolute atomic E-state index is 12.0. The molecule has 1 aromatic rings. The Morgan fingerprint density at radius 3 is 2.56 bits per heavy atom. The minimum absolute atomic E-state index is 0.0684. The van der Waals surface area contributed by atoms with E-state index in [1.54, 1.807) is 25.1 Å². The lowest BCUT2D eigenvalue weighted by Crippen LogP contribution is -2.40.